The summed E-state index contributed by atoms with van der Waals surface area (Å²) >= 11 is 0. The van der Waals surface area contributed by atoms with Crippen molar-refractivity contribution < 1.29 is 19.1 Å². The molecular weight excluding hydrogens is 458 g/mol. The topological polar surface area (TPSA) is 106 Å². The number of amides is 2. The van der Waals surface area contributed by atoms with E-state index in [4.69, 9.17) is 4.74 Å². The van der Waals surface area contributed by atoms with Gasteiger partial charge in [-0.3, -0.25) is 14.4 Å². The highest BCUT2D eigenvalue weighted by Gasteiger charge is 2.32. The van der Waals surface area contributed by atoms with E-state index in [9.17, 15) is 14.4 Å². The number of ether oxygens (including phenoxy) is 1. The van der Waals surface area contributed by atoms with Crippen LogP contribution in [0.5, 0.6) is 5.75 Å². The van der Waals surface area contributed by atoms with E-state index in [-0.39, 0.29) is 24.1 Å². The molecule has 2 heterocycles. The first kappa shape index (κ1) is 23.7. The standard InChI is InChI=1S/C27H29N5O4/c1-31-23-14-19(9-11-21(33)13-18-7-8-18)10-12-24(23)36-16-22(27(31)35)29-26(34)25-28-17-32(30-25)15-20-5-3-2-4-6-20/h2-6,10,12,14,17-18,22H,7-9,11,13,15-16H2,1H3,(H,29,34). The molecule has 0 spiro atoms. The fourth-order valence-corrected chi connectivity index (χ4v) is 4.30. The van der Waals surface area contributed by atoms with E-state index in [2.05, 4.69) is 15.4 Å². The van der Waals surface area contributed by atoms with E-state index in [0.29, 0.717) is 43.2 Å². The Balaban J connectivity index is 1.21. The lowest BCUT2D eigenvalue weighted by Gasteiger charge is -2.20. The molecule has 5 rings (SSSR count). The highest BCUT2D eigenvalue weighted by Crippen LogP contribution is 2.34. The maximum Gasteiger partial charge on any atom is 0.291 e. The number of hydrogen-bond acceptors (Lipinski definition) is 6. The van der Waals surface area contributed by atoms with Gasteiger partial charge in [-0.05, 0) is 48.4 Å². The van der Waals surface area contributed by atoms with Gasteiger partial charge in [-0.2, -0.15) is 0 Å². The molecule has 36 heavy (non-hydrogen) atoms. The predicted octanol–water partition coefficient (Wildman–Crippen LogP) is 2.78. The average Bonchev–Trinajstić information content (AvgIpc) is 3.60. The number of likely N-dealkylation sites (N-methyl/N-ethyl adjacent to an activating group) is 1. The maximum absolute atomic E-state index is 13.2. The van der Waals surface area contributed by atoms with Crippen LogP contribution in [0.1, 0.15) is 47.4 Å². The van der Waals surface area contributed by atoms with Crippen LogP contribution in [0.4, 0.5) is 5.69 Å². The highest BCUT2D eigenvalue weighted by atomic mass is 16.5. The number of Topliss-reactive ketones (excluding diaryl/α,β-unsaturated/α-hetero) is 1. The second-order valence-electron chi connectivity index (χ2n) is 9.47. The van der Waals surface area contributed by atoms with Gasteiger partial charge in [0.2, 0.25) is 5.82 Å². The first-order chi connectivity index (χ1) is 17.5. The van der Waals surface area contributed by atoms with Crippen LogP contribution in [-0.2, 0) is 22.6 Å². The molecule has 1 aromatic heterocycles. The number of nitrogens with one attached hydrogen (secondary N) is 1. The number of benzene rings is 2. The smallest absolute Gasteiger partial charge is 0.291 e. The third kappa shape index (κ3) is 5.62. The second-order valence-corrected chi connectivity index (χ2v) is 9.47. The van der Waals surface area contributed by atoms with Crippen LogP contribution in [0.25, 0.3) is 0 Å². The molecular formula is C27H29N5O4. The van der Waals surface area contributed by atoms with Crippen molar-refractivity contribution in [2.75, 3.05) is 18.6 Å². The van der Waals surface area contributed by atoms with Gasteiger partial charge in [-0.15, -0.1) is 5.10 Å². The summed E-state index contributed by atoms with van der Waals surface area (Å²) in [7, 11) is 1.66. The molecule has 1 fully saturated rings. The summed E-state index contributed by atoms with van der Waals surface area (Å²) in [6.45, 7) is 0.477. The van der Waals surface area contributed by atoms with Gasteiger partial charge >= 0.3 is 0 Å². The van der Waals surface area contributed by atoms with Gasteiger partial charge in [0.05, 0.1) is 12.2 Å². The molecule has 1 saturated carbocycles. The van der Waals surface area contributed by atoms with Gasteiger partial charge in [-0.1, -0.05) is 36.4 Å². The van der Waals surface area contributed by atoms with Crippen molar-refractivity contribution in [1.82, 2.24) is 20.1 Å². The molecule has 0 bridgehead atoms. The van der Waals surface area contributed by atoms with Crippen molar-refractivity contribution in [3.63, 3.8) is 0 Å². The number of rotatable bonds is 9. The number of hydrogen-bond donors (Lipinski definition) is 1. The molecule has 1 atom stereocenters. The summed E-state index contributed by atoms with van der Waals surface area (Å²) in [6, 6.07) is 14.5. The first-order valence-electron chi connectivity index (χ1n) is 12.3. The van der Waals surface area contributed by atoms with E-state index in [1.54, 1.807) is 11.7 Å². The number of fused-ring (bicyclic) bond motifs is 1. The quantitative estimate of drug-likeness (QED) is 0.498. The van der Waals surface area contributed by atoms with Crippen molar-refractivity contribution in [1.29, 1.82) is 0 Å². The number of carbonyl (C=O) groups excluding carboxylic acids is 3. The summed E-state index contributed by atoms with van der Waals surface area (Å²) in [5.74, 6) is 0.574. The van der Waals surface area contributed by atoms with Gasteiger partial charge in [0.15, 0.2) is 0 Å². The van der Waals surface area contributed by atoms with Crippen LogP contribution in [0, 0.1) is 5.92 Å². The predicted molar refractivity (Wildman–Crippen MR) is 133 cm³/mol. The monoisotopic (exact) mass is 487 g/mol. The maximum atomic E-state index is 13.2. The lowest BCUT2D eigenvalue weighted by molar-refractivity contribution is -0.120. The lowest BCUT2D eigenvalue weighted by atomic mass is 10.0. The Kier molecular flexibility index (Phi) is 6.79. The van der Waals surface area contributed by atoms with E-state index in [0.717, 1.165) is 24.0 Å². The normalized spacial score (nSPS) is 17.2. The van der Waals surface area contributed by atoms with Gasteiger partial charge < -0.3 is 15.0 Å². The summed E-state index contributed by atoms with van der Waals surface area (Å²) in [4.78, 5) is 43.7. The summed E-state index contributed by atoms with van der Waals surface area (Å²) in [5, 5.41) is 6.95. The third-order valence-electron chi connectivity index (χ3n) is 6.56. The third-order valence-corrected chi connectivity index (χ3v) is 6.56. The van der Waals surface area contributed by atoms with Crippen LogP contribution in [0.15, 0.2) is 54.9 Å². The van der Waals surface area contributed by atoms with Gasteiger partial charge in [0.1, 0.15) is 30.5 Å². The molecule has 0 saturated heterocycles. The van der Waals surface area contributed by atoms with Gasteiger partial charge in [0, 0.05) is 19.9 Å². The number of nitrogens with zero attached hydrogens (tertiary/aromatic N) is 4. The number of anilines is 1. The molecule has 2 amide bonds. The van der Waals surface area contributed by atoms with Crippen LogP contribution in [0.2, 0.25) is 0 Å². The van der Waals surface area contributed by atoms with Crippen LogP contribution >= 0.6 is 0 Å². The van der Waals surface area contributed by atoms with Crippen LogP contribution in [-0.4, -0.2) is 52.1 Å². The highest BCUT2D eigenvalue weighted by molar-refractivity contribution is 6.02. The zero-order valence-corrected chi connectivity index (χ0v) is 20.2. The lowest BCUT2D eigenvalue weighted by Crippen LogP contribution is -2.49. The Morgan fingerprint density at radius 2 is 1.92 bits per heavy atom. The molecule has 1 unspecified atom stereocenters. The first-order valence-corrected chi connectivity index (χ1v) is 12.3. The Labute approximate surface area is 209 Å². The molecule has 3 aromatic rings. The molecule has 1 N–H and O–H groups in total. The minimum Gasteiger partial charge on any atom is -0.489 e. The average molecular weight is 488 g/mol. The molecule has 9 nitrogen and oxygen atoms in total. The summed E-state index contributed by atoms with van der Waals surface area (Å²) < 4.78 is 7.45. The molecule has 2 aromatic carbocycles. The van der Waals surface area contributed by atoms with Crippen LogP contribution < -0.4 is 15.0 Å². The van der Waals surface area contributed by atoms with E-state index >= 15 is 0 Å². The van der Waals surface area contributed by atoms with Crippen molar-refractivity contribution >= 4 is 23.3 Å². The largest absolute Gasteiger partial charge is 0.489 e. The minimum atomic E-state index is -0.889. The van der Waals surface area contributed by atoms with Gasteiger partial charge in [0.25, 0.3) is 11.8 Å². The molecule has 1 aliphatic heterocycles. The minimum absolute atomic E-state index is 0.00808. The van der Waals surface area contributed by atoms with E-state index in [1.807, 2.05) is 48.5 Å². The number of carbonyl (C=O) groups is 3. The number of aromatic nitrogens is 3. The van der Waals surface area contributed by atoms with E-state index in [1.165, 1.54) is 11.2 Å². The second kappa shape index (κ2) is 10.3. The zero-order chi connectivity index (χ0) is 25.1. The molecule has 186 valence electrons. The fourth-order valence-electron chi connectivity index (χ4n) is 4.30. The summed E-state index contributed by atoms with van der Waals surface area (Å²) in [5.41, 5.74) is 2.62. The van der Waals surface area contributed by atoms with Crippen molar-refractivity contribution in [3.8, 4) is 5.75 Å². The molecule has 1 aliphatic carbocycles. The van der Waals surface area contributed by atoms with Gasteiger partial charge in [-0.25, -0.2) is 9.67 Å². The van der Waals surface area contributed by atoms with Crippen molar-refractivity contribution in [3.05, 3.63) is 71.8 Å². The van der Waals surface area contributed by atoms with Crippen molar-refractivity contribution in [2.24, 2.45) is 5.92 Å². The Morgan fingerprint density at radius 1 is 1.11 bits per heavy atom. The Morgan fingerprint density at radius 3 is 2.69 bits per heavy atom. The zero-order valence-electron chi connectivity index (χ0n) is 20.2. The molecule has 0 radical (unpaired) electrons. The molecule has 2 aliphatic rings. The Hall–Kier alpha value is -4.01. The van der Waals surface area contributed by atoms with Crippen molar-refractivity contribution in [2.45, 2.75) is 44.7 Å². The van der Waals surface area contributed by atoms with Crippen LogP contribution in [0.3, 0.4) is 0 Å². The number of ketones is 1. The Bertz CT molecular complexity index is 1270. The SMILES string of the molecule is CN1C(=O)C(NC(=O)c2ncn(Cc3ccccc3)n2)COc2ccc(CCC(=O)CC3CC3)cc21. The molecule has 9 heteroatoms. The number of aryl methyl sites for hydroxylation is 1. The van der Waals surface area contributed by atoms with E-state index < -0.39 is 11.9 Å². The summed E-state index contributed by atoms with van der Waals surface area (Å²) in [6.07, 6.45) is 5.62. The fraction of sp³-hybridized carbons (Fsp3) is 0.370.